The Morgan fingerprint density at radius 3 is 2.45 bits per heavy atom. The molecule has 0 atom stereocenters. The predicted molar refractivity (Wildman–Crippen MR) is 86.2 cm³/mol. The molecule has 1 amide bonds. The van der Waals surface area contributed by atoms with E-state index >= 15 is 0 Å². The minimum Gasteiger partial charge on any atom is -0.355 e. The highest BCUT2D eigenvalue weighted by Crippen LogP contribution is 2.13. The maximum Gasteiger partial charge on any atom is 0.253 e. The van der Waals surface area contributed by atoms with E-state index in [-0.39, 0.29) is 12.2 Å². The van der Waals surface area contributed by atoms with Gasteiger partial charge in [-0.1, -0.05) is 11.6 Å². The summed E-state index contributed by atoms with van der Waals surface area (Å²) >= 11 is 5.87. The second kappa shape index (κ2) is 8.48. The number of benzene rings is 1. The highest BCUT2D eigenvalue weighted by atomic mass is 35.5. The Kier molecular flexibility index (Phi) is 6.64. The summed E-state index contributed by atoms with van der Waals surface area (Å²) in [7, 11) is 3.28. The van der Waals surface area contributed by atoms with Crippen molar-refractivity contribution in [3.8, 4) is 0 Å². The molecule has 0 saturated carbocycles. The first-order chi connectivity index (χ1) is 10.6. The van der Waals surface area contributed by atoms with Crippen molar-refractivity contribution < 1.29 is 14.3 Å². The molecular weight excluding hydrogens is 304 g/mol. The van der Waals surface area contributed by atoms with Crippen molar-refractivity contribution >= 4 is 17.5 Å². The zero-order valence-electron chi connectivity index (χ0n) is 13.1. The van der Waals surface area contributed by atoms with Crippen LogP contribution in [0.5, 0.6) is 0 Å². The van der Waals surface area contributed by atoms with Gasteiger partial charge in [0.15, 0.2) is 6.29 Å². The van der Waals surface area contributed by atoms with Gasteiger partial charge in [0.1, 0.15) is 0 Å². The summed E-state index contributed by atoms with van der Waals surface area (Å²) < 4.78 is 10.5. The van der Waals surface area contributed by atoms with Gasteiger partial charge in [0.2, 0.25) is 0 Å². The quantitative estimate of drug-likeness (QED) is 0.777. The van der Waals surface area contributed by atoms with E-state index in [0.717, 1.165) is 32.6 Å². The molecule has 0 bridgehead atoms. The maximum atomic E-state index is 12.5. The third-order valence-electron chi connectivity index (χ3n) is 3.90. The van der Waals surface area contributed by atoms with E-state index in [4.69, 9.17) is 21.1 Å². The minimum atomic E-state index is -0.224. The number of hydrogen-bond acceptors (Lipinski definition) is 4. The lowest BCUT2D eigenvalue weighted by atomic mass is 10.2. The highest BCUT2D eigenvalue weighted by molar-refractivity contribution is 6.30. The lowest BCUT2D eigenvalue weighted by Gasteiger charge is -2.25. The largest absolute Gasteiger partial charge is 0.355 e. The molecule has 0 N–H and O–H groups in total. The Hall–Kier alpha value is -1.14. The number of rotatable bonds is 5. The normalized spacial score (nSPS) is 16.8. The van der Waals surface area contributed by atoms with Gasteiger partial charge in [-0.15, -0.1) is 0 Å². The van der Waals surface area contributed by atoms with Gasteiger partial charge >= 0.3 is 0 Å². The number of methoxy groups -OCH3 is 2. The average molecular weight is 327 g/mol. The molecule has 0 unspecified atom stereocenters. The number of carbonyl (C=O) groups excluding carboxylic acids is 1. The fourth-order valence-corrected chi connectivity index (χ4v) is 2.71. The Labute approximate surface area is 136 Å². The van der Waals surface area contributed by atoms with E-state index < -0.39 is 0 Å². The maximum absolute atomic E-state index is 12.5. The first kappa shape index (κ1) is 17.2. The van der Waals surface area contributed by atoms with Crippen molar-refractivity contribution in [1.29, 1.82) is 0 Å². The Bertz CT molecular complexity index is 477. The van der Waals surface area contributed by atoms with Gasteiger partial charge in [-0.3, -0.25) is 9.69 Å². The van der Waals surface area contributed by atoms with E-state index in [1.807, 2.05) is 4.90 Å². The van der Waals surface area contributed by atoms with Gasteiger partial charge in [0.05, 0.1) is 0 Å². The number of carbonyl (C=O) groups is 1. The Morgan fingerprint density at radius 2 is 1.82 bits per heavy atom. The van der Waals surface area contributed by atoms with Crippen LogP contribution in [0.2, 0.25) is 5.02 Å². The molecule has 1 saturated heterocycles. The van der Waals surface area contributed by atoms with Crippen LogP contribution in [0, 0.1) is 0 Å². The molecule has 2 rings (SSSR count). The molecule has 122 valence electrons. The van der Waals surface area contributed by atoms with Crippen molar-refractivity contribution in [2.45, 2.75) is 12.7 Å². The van der Waals surface area contributed by atoms with Gasteiger partial charge in [0.25, 0.3) is 5.91 Å². The lowest BCUT2D eigenvalue weighted by molar-refractivity contribution is -0.115. The van der Waals surface area contributed by atoms with Gasteiger partial charge in [0, 0.05) is 57.5 Å². The van der Waals surface area contributed by atoms with Crippen LogP contribution in [0.25, 0.3) is 0 Å². The SMILES string of the molecule is COC(CN1CCCN(C(=O)c2ccc(Cl)cc2)CC1)OC. The molecule has 5 nitrogen and oxygen atoms in total. The summed E-state index contributed by atoms with van der Waals surface area (Å²) in [6, 6.07) is 7.06. The Balaban J connectivity index is 1.92. The summed E-state index contributed by atoms with van der Waals surface area (Å²) in [5.41, 5.74) is 0.685. The summed E-state index contributed by atoms with van der Waals surface area (Å²) in [6.07, 6.45) is 0.720. The number of ether oxygens (including phenoxy) is 2. The smallest absolute Gasteiger partial charge is 0.253 e. The van der Waals surface area contributed by atoms with Crippen molar-refractivity contribution in [1.82, 2.24) is 9.80 Å². The first-order valence-corrected chi connectivity index (χ1v) is 7.84. The molecule has 0 aliphatic carbocycles. The molecule has 1 fully saturated rings. The number of halogens is 1. The molecule has 6 heteroatoms. The van der Waals surface area contributed by atoms with Gasteiger partial charge in [-0.25, -0.2) is 0 Å². The molecule has 0 radical (unpaired) electrons. The zero-order chi connectivity index (χ0) is 15.9. The Morgan fingerprint density at radius 1 is 1.14 bits per heavy atom. The van der Waals surface area contributed by atoms with Crippen LogP contribution in [0.1, 0.15) is 16.8 Å². The third kappa shape index (κ3) is 4.68. The predicted octanol–water partition coefficient (Wildman–Crippen LogP) is 2.11. The van der Waals surface area contributed by atoms with Crippen molar-refractivity contribution in [3.63, 3.8) is 0 Å². The number of amides is 1. The monoisotopic (exact) mass is 326 g/mol. The topological polar surface area (TPSA) is 42.0 Å². The van der Waals surface area contributed by atoms with Gasteiger partial charge in [-0.2, -0.15) is 0 Å². The van der Waals surface area contributed by atoms with Crippen molar-refractivity contribution in [3.05, 3.63) is 34.9 Å². The third-order valence-corrected chi connectivity index (χ3v) is 4.15. The second-order valence-electron chi connectivity index (χ2n) is 5.35. The number of nitrogens with zero attached hydrogens (tertiary/aromatic N) is 2. The van der Waals surface area contributed by atoms with Crippen LogP contribution >= 0.6 is 11.6 Å². The fraction of sp³-hybridized carbons (Fsp3) is 0.562. The van der Waals surface area contributed by atoms with Crippen molar-refractivity contribution in [2.24, 2.45) is 0 Å². The number of hydrogen-bond donors (Lipinski definition) is 0. The fourth-order valence-electron chi connectivity index (χ4n) is 2.59. The summed E-state index contributed by atoms with van der Waals surface area (Å²) in [4.78, 5) is 16.7. The first-order valence-electron chi connectivity index (χ1n) is 7.47. The van der Waals surface area contributed by atoms with E-state index in [0.29, 0.717) is 17.1 Å². The molecule has 1 aliphatic rings. The lowest BCUT2D eigenvalue weighted by Crippen LogP contribution is -2.38. The van der Waals surface area contributed by atoms with E-state index in [1.165, 1.54) is 0 Å². The molecule has 1 aromatic rings. The van der Waals surface area contributed by atoms with Crippen molar-refractivity contribution in [2.75, 3.05) is 46.9 Å². The van der Waals surface area contributed by atoms with Crippen LogP contribution in [-0.2, 0) is 9.47 Å². The van der Waals surface area contributed by atoms with E-state index in [2.05, 4.69) is 4.90 Å². The standard InChI is InChI=1S/C16H23ClN2O3/c1-21-15(22-2)12-18-8-3-9-19(11-10-18)16(20)13-4-6-14(17)7-5-13/h4-7,15H,3,8-12H2,1-2H3. The molecule has 1 aromatic carbocycles. The van der Waals surface area contributed by atoms with Crippen LogP contribution in [-0.4, -0.2) is 68.9 Å². The molecule has 1 aliphatic heterocycles. The summed E-state index contributed by atoms with van der Waals surface area (Å²) in [5.74, 6) is 0.0635. The molecular formula is C16H23ClN2O3. The minimum absolute atomic E-state index is 0.0635. The van der Waals surface area contributed by atoms with Gasteiger partial charge < -0.3 is 14.4 Å². The summed E-state index contributed by atoms with van der Waals surface area (Å²) in [5, 5.41) is 0.642. The second-order valence-corrected chi connectivity index (χ2v) is 5.79. The van der Waals surface area contributed by atoms with E-state index in [9.17, 15) is 4.79 Å². The molecule has 0 spiro atoms. The van der Waals surface area contributed by atoms with Gasteiger partial charge in [-0.05, 0) is 30.7 Å². The van der Waals surface area contributed by atoms with Crippen LogP contribution in [0.3, 0.4) is 0 Å². The highest BCUT2D eigenvalue weighted by Gasteiger charge is 2.21. The average Bonchev–Trinajstić information content (AvgIpc) is 2.78. The zero-order valence-corrected chi connectivity index (χ0v) is 13.9. The molecule has 1 heterocycles. The summed E-state index contributed by atoms with van der Waals surface area (Å²) in [6.45, 7) is 3.95. The van der Waals surface area contributed by atoms with E-state index in [1.54, 1.807) is 38.5 Å². The van der Waals surface area contributed by atoms with Crippen LogP contribution in [0.4, 0.5) is 0 Å². The molecule has 22 heavy (non-hydrogen) atoms. The van der Waals surface area contributed by atoms with Crippen LogP contribution in [0.15, 0.2) is 24.3 Å². The van der Waals surface area contributed by atoms with Crippen LogP contribution < -0.4 is 0 Å². The molecule has 0 aromatic heterocycles.